The maximum atomic E-state index is 11.3. The second-order valence-corrected chi connectivity index (χ2v) is 10.6. The first-order valence-electron chi connectivity index (χ1n) is 12.7. The maximum absolute atomic E-state index is 11.3. The van der Waals surface area contributed by atoms with Crippen molar-refractivity contribution in [1.82, 2.24) is 5.32 Å². The van der Waals surface area contributed by atoms with Crippen molar-refractivity contribution in [3.8, 4) is 0 Å². The quantitative estimate of drug-likeness (QED) is 0.167. The van der Waals surface area contributed by atoms with E-state index in [9.17, 15) is 13.0 Å². The van der Waals surface area contributed by atoms with E-state index in [2.05, 4.69) is 12.2 Å². The Morgan fingerprint density at radius 3 is 1.70 bits per heavy atom. The highest BCUT2D eigenvalue weighted by atomic mass is 32.2. The van der Waals surface area contributed by atoms with Gasteiger partial charge in [0.1, 0.15) is 0 Å². The molecule has 4 N–H and O–H groups in total. The van der Waals surface area contributed by atoms with Crippen LogP contribution in [0.15, 0.2) is 29.2 Å². The Labute approximate surface area is 203 Å². The lowest BCUT2D eigenvalue weighted by molar-refractivity contribution is 0.216. The summed E-state index contributed by atoms with van der Waals surface area (Å²) in [6.45, 7) is 8.29. The fraction of sp³-hybridized carbons (Fsp3) is 0.769. The highest BCUT2D eigenvalue weighted by Crippen LogP contribution is 2.18. The van der Waals surface area contributed by atoms with Crippen LogP contribution in [0, 0.1) is 11.8 Å². The van der Waals surface area contributed by atoms with Crippen molar-refractivity contribution in [2.24, 2.45) is 11.8 Å². The predicted octanol–water partition coefficient (Wildman–Crippen LogP) is 5.23. The Bertz CT molecular complexity index is 671. The van der Waals surface area contributed by atoms with Crippen molar-refractivity contribution < 1.29 is 23.2 Å². The van der Waals surface area contributed by atoms with Gasteiger partial charge in [0.25, 0.3) is 10.1 Å². The molecule has 0 fully saturated rings. The van der Waals surface area contributed by atoms with Crippen LogP contribution in [0.2, 0.25) is 0 Å². The number of hydrogen-bond acceptors (Lipinski definition) is 5. The molecule has 0 amide bonds. The van der Waals surface area contributed by atoms with Gasteiger partial charge in [-0.05, 0) is 49.4 Å². The summed E-state index contributed by atoms with van der Waals surface area (Å²) in [6, 6.07) is 6.73. The van der Waals surface area contributed by atoms with Crippen molar-refractivity contribution in [2.45, 2.75) is 96.3 Å². The Kier molecular flexibility index (Phi) is 19.8. The summed E-state index contributed by atoms with van der Waals surface area (Å²) in [5.41, 5.74) is 0.726. The summed E-state index contributed by atoms with van der Waals surface area (Å²) in [4.78, 5) is 0.0610. The maximum Gasteiger partial charge on any atom is 0.294 e. The molecule has 1 rings (SSSR count). The lowest BCUT2D eigenvalue weighted by Crippen LogP contribution is -2.28. The molecule has 194 valence electrons. The number of benzene rings is 1. The molecule has 0 aromatic heterocycles. The van der Waals surface area contributed by atoms with E-state index in [0.29, 0.717) is 18.3 Å². The molecule has 0 spiro atoms. The first-order valence-corrected chi connectivity index (χ1v) is 14.2. The molecule has 0 bridgehead atoms. The number of nitrogens with one attached hydrogen (secondary N) is 1. The largest absolute Gasteiger partial charge is 0.396 e. The highest BCUT2D eigenvalue weighted by Gasteiger charge is 2.13. The molecule has 0 aliphatic carbocycles. The predicted molar refractivity (Wildman–Crippen MR) is 137 cm³/mol. The number of aryl methyl sites for hydroxylation is 1. The van der Waals surface area contributed by atoms with Crippen LogP contribution in [0.4, 0.5) is 0 Å². The zero-order valence-corrected chi connectivity index (χ0v) is 22.0. The van der Waals surface area contributed by atoms with Gasteiger partial charge in [0.2, 0.25) is 0 Å². The standard InChI is InChI=1S/C18H30O3S.C8H19NO2/c1-2-3-4-5-6-7-8-9-10-11-14-17-15-12-13-16-18(17)22(19,20)21;1-7(5-10)3-9-4-8(2)6-11/h12-13,15-16H,2-11,14H2,1H3,(H,19,20,21);7-11H,3-6H2,1-2H3. The van der Waals surface area contributed by atoms with Gasteiger partial charge in [-0.3, -0.25) is 4.55 Å². The molecule has 6 nitrogen and oxygen atoms in total. The lowest BCUT2D eigenvalue weighted by Gasteiger charge is -2.12. The summed E-state index contributed by atoms with van der Waals surface area (Å²) >= 11 is 0. The SMILES string of the molecule is CC(CO)CNCC(C)CO.CCCCCCCCCCCCc1ccccc1S(=O)(=O)O. The Hall–Kier alpha value is -0.990. The minimum Gasteiger partial charge on any atom is -0.396 e. The normalized spacial score (nSPS) is 13.3. The van der Waals surface area contributed by atoms with Gasteiger partial charge in [-0.1, -0.05) is 96.8 Å². The number of unbranched alkanes of at least 4 members (excludes halogenated alkanes) is 9. The Morgan fingerprint density at radius 2 is 1.24 bits per heavy atom. The van der Waals surface area contributed by atoms with Gasteiger partial charge in [-0.25, -0.2) is 0 Å². The monoisotopic (exact) mass is 487 g/mol. The molecule has 7 heteroatoms. The summed E-state index contributed by atoms with van der Waals surface area (Å²) in [5, 5.41) is 20.5. The smallest absolute Gasteiger partial charge is 0.294 e. The second kappa shape index (κ2) is 20.4. The van der Waals surface area contributed by atoms with Crippen molar-refractivity contribution in [3.63, 3.8) is 0 Å². The van der Waals surface area contributed by atoms with Crippen molar-refractivity contribution in [2.75, 3.05) is 26.3 Å². The zero-order valence-electron chi connectivity index (χ0n) is 21.1. The summed E-state index contributed by atoms with van der Waals surface area (Å²) in [5.74, 6) is 0.613. The van der Waals surface area contributed by atoms with E-state index < -0.39 is 10.1 Å². The second-order valence-electron chi connectivity index (χ2n) is 9.25. The molecule has 0 radical (unpaired) electrons. The van der Waals surface area contributed by atoms with Crippen molar-refractivity contribution >= 4 is 10.1 Å². The molecular formula is C26H49NO5S. The molecule has 1 aromatic rings. The number of rotatable bonds is 18. The van der Waals surface area contributed by atoms with E-state index in [-0.39, 0.29) is 18.1 Å². The molecule has 0 aliphatic rings. The molecule has 0 heterocycles. The van der Waals surface area contributed by atoms with E-state index in [1.54, 1.807) is 12.1 Å². The van der Waals surface area contributed by atoms with Gasteiger partial charge in [0, 0.05) is 13.2 Å². The van der Waals surface area contributed by atoms with Crippen LogP contribution in [-0.4, -0.2) is 49.5 Å². The molecule has 2 atom stereocenters. The molecule has 1 aromatic carbocycles. The van der Waals surface area contributed by atoms with Crippen molar-refractivity contribution in [1.29, 1.82) is 0 Å². The number of hydrogen-bond donors (Lipinski definition) is 4. The summed E-state index contributed by atoms with van der Waals surface area (Å²) in [6.07, 6.45) is 13.3. The first kappa shape index (κ1) is 32.0. The number of aliphatic hydroxyl groups excluding tert-OH is 2. The molecule has 33 heavy (non-hydrogen) atoms. The van der Waals surface area contributed by atoms with Gasteiger partial charge >= 0.3 is 0 Å². The van der Waals surface area contributed by atoms with Crippen LogP contribution in [-0.2, 0) is 16.5 Å². The zero-order chi connectivity index (χ0) is 25.0. The van der Waals surface area contributed by atoms with E-state index in [1.807, 2.05) is 19.9 Å². The molecule has 0 aliphatic heterocycles. The van der Waals surface area contributed by atoms with Gasteiger partial charge in [0.05, 0.1) is 4.90 Å². The third-order valence-electron chi connectivity index (χ3n) is 5.66. The minimum atomic E-state index is -4.10. The van der Waals surface area contributed by atoms with Crippen LogP contribution in [0.5, 0.6) is 0 Å². The lowest BCUT2D eigenvalue weighted by atomic mass is 10.0. The fourth-order valence-electron chi connectivity index (χ4n) is 3.47. The Morgan fingerprint density at radius 1 is 0.788 bits per heavy atom. The van der Waals surface area contributed by atoms with Gasteiger partial charge in [-0.2, -0.15) is 8.42 Å². The third-order valence-corrected chi connectivity index (χ3v) is 6.61. The summed E-state index contributed by atoms with van der Waals surface area (Å²) in [7, 11) is -4.10. The van der Waals surface area contributed by atoms with Crippen LogP contribution in [0.25, 0.3) is 0 Å². The van der Waals surface area contributed by atoms with Gasteiger partial charge < -0.3 is 15.5 Å². The molecule has 2 unspecified atom stereocenters. The third kappa shape index (κ3) is 18.1. The fourth-order valence-corrected chi connectivity index (χ4v) is 4.22. The Balaban J connectivity index is 0.000000785. The van der Waals surface area contributed by atoms with Gasteiger partial charge in [-0.15, -0.1) is 0 Å². The van der Waals surface area contributed by atoms with Crippen molar-refractivity contribution in [3.05, 3.63) is 29.8 Å². The van der Waals surface area contributed by atoms with Crippen LogP contribution in [0.1, 0.15) is 90.5 Å². The van der Waals surface area contributed by atoms with E-state index >= 15 is 0 Å². The van der Waals surface area contributed by atoms with E-state index in [4.69, 9.17) is 10.2 Å². The van der Waals surface area contributed by atoms with Crippen LogP contribution >= 0.6 is 0 Å². The first-order chi connectivity index (χ1) is 15.8. The van der Waals surface area contributed by atoms with Gasteiger partial charge in [0.15, 0.2) is 0 Å². The number of aliphatic hydroxyl groups is 2. The average molecular weight is 488 g/mol. The summed E-state index contributed by atoms with van der Waals surface area (Å²) < 4.78 is 31.8. The average Bonchev–Trinajstić information content (AvgIpc) is 2.80. The highest BCUT2D eigenvalue weighted by molar-refractivity contribution is 7.85. The molecule has 0 saturated carbocycles. The molecule has 0 saturated heterocycles. The molecular weight excluding hydrogens is 438 g/mol. The van der Waals surface area contributed by atoms with E-state index in [0.717, 1.165) is 31.5 Å². The topological polar surface area (TPSA) is 107 Å². The van der Waals surface area contributed by atoms with Crippen LogP contribution < -0.4 is 5.32 Å². The van der Waals surface area contributed by atoms with E-state index in [1.165, 1.54) is 57.4 Å². The van der Waals surface area contributed by atoms with Crippen LogP contribution in [0.3, 0.4) is 0 Å². The minimum absolute atomic E-state index is 0.0610.